The fraction of sp³-hybridized carbons (Fsp3) is 0.375. The maximum Gasteiger partial charge on any atom is 0.322 e. The number of hydrogen-bond donors (Lipinski definition) is 1. The number of unbranched alkanes of at least 4 members (excludes halogenated alkanes) is 1. The second kappa shape index (κ2) is 10.4. The largest absolute Gasteiger partial charge is 0.322 e. The Morgan fingerprint density at radius 3 is 2.65 bits per heavy atom. The number of carbonyl (C=O) groups is 1. The van der Waals surface area contributed by atoms with E-state index in [4.69, 9.17) is 16.6 Å². The Kier molecular flexibility index (Phi) is 7.69. The van der Waals surface area contributed by atoms with E-state index in [1.165, 1.54) is 0 Å². The molecule has 0 bridgehead atoms. The van der Waals surface area contributed by atoms with E-state index >= 15 is 0 Å². The zero-order valence-corrected chi connectivity index (χ0v) is 19.0. The predicted molar refractivity (Wildman–Crippen MR) is 127 cm³/mol. The lowest BCUT2D eigenvalue weighted by Crippen LogP contribution is -2.40. The first-order valence-corrected chi connectivity index (χ1v) is 11.2. The number of nitrogens with zero attached hydrogens (tertiary/aromatic N) is 3. The Morgan fingerprint density at radius 1 is 1.16 bits per heavy atom. The Hall–Kier alpha value is -2.86. The van der Waals surface area contributed by atoms with Gasteiger partial charge in [0.15, 0.2) is 0 Å². The fourth-order valence-electron chi connectivity index (χ4n) is 3.64. The Balaban J connectivity index is 2.01. The van der Waals surface area contributed by atoms with Crippen LogP contribution in [0.4, 0.5) is 10.5 Å². The molecule has 0 radical (unpaired) electrons. The third-order valence-corrected chi connectivity index (χ3v) is 5.50. The van der Waals surface area contributed by atoms with Crippen LogP contribution >= 0.6 is 11.6 Å². The van der Waals surface area contributed by atoms with Gasteiger partial charge in [0.2, 0.25) is 0 Å². The second-order valence-electron chi connectivity index (χ2n) is 7.61. The smallest absolute Gasteiger partial charge is 0.315 e. The van der Waals surface area contributed by atoms with Crippen LogP contribution in [0.25, 0.3) is 10.9 Å². The number of halogens is 1. The van der Waals surface area contributed by atoms with E-state index in [0.29, 0.717) is 40.5 Å². The monoisotopic (exact) mass is 440 g/mol. The maximum absolute atomic E-state index is 13.2. The van der Waals surface area contributed by atoms with Crippen molar-refractivity contribution in [2.45, 2.75) is 52.6 Å². The number of urea groups is 1. The molecule has 7 heteroatoms. The number of hydrogen-bond acceptors (Lipinski definition) is 3. The molecule has 1 atom stereocenters. The van der Waals surface area contributed by atoms with Crippen molar-refractivity contribution in [3.05, 3.63) is 69.7 Å². The summed E-state index contributed by atoms with van der Waals surface area (Å²) in [4.78, 5) is 32.9. The molecule has 1 aromatic heterocycles. The molecular weight excluding hydrogens is 412 g/mol. The highest BCUT2D eigenvalue weighted by atomic mass is 35.5. The summed E-state index contributed by atoms with van der Waals surface area (Å²) in [6.07, 6.45) is 2.59. The van der Waals surface area contributed by atoms with Gasteiger partial charge in [-0.05, 0) is 50.1 Å². The summed E-state index contributed by atoms with van der Waals surface area (Å²) in [6.45, 7) is 7.14. The van der Waals surface area contributed by atoms with Gasteiger partial charge in [0.05, 0.1) is 16.9 Å². The number of benzene rings is 2. The van der Waals surface area contributed by atoms with Crippen LogP contribution in [0.2, 0.25) is 5.02 Å². The summed E-state index contributed by atoms with van der Waals surface area (Å²) in [5.41, 5.74) is 1.20. The summed E-state index contributed by atoms with van der Waals surface area (Å²) in [5, 5.41) is 4.08. The molecule has 2 amide bonds. The molecule has 1 unspecified atom stereocenters. The van der Waals surface area contributed by atoms with Gasteiger partial charge in [0.25, 0.3) is 5.56 Å². The Bertz CT molecular complexity index is 1110. The van der Waals surface area contributed by atoms with Gasteiger partial charge in [-0.1, -0.05) is 50.1 Å². The molecule has 3 rings (SSSR count). The van der Waals surface area contributed by atoms with E-state index < -0.39 is 0 Å². The number of anilines is 1. The van der Waals surface area contributed by atoms with Gasteiger partial charge in [-0.3, -0.25) is 9.36 Å². The van der Waals surface area contributed by atoms with Crippen LogP contribution in [0.5, 0.6) is 0 Å². The number of aromatic nitrogens is 2. The van der Waals surface area contributed by atoms with E-state index in [2.05, 4.69) is 12.2 Å². The third kappa shape index (κ3) is 5.25. The average Bonchev–Trinajstić information content (AvgIpc) is 2.76. The molecular formula is C24H29ClN4O2. The van der Waals surface area contributed by atoms with Gasteiger partial charge in [0.1, 0.15) is 5.82 Å². The van der Waals surface area contributed by atoms with E-state index in [1.54, 1.807) is 39.8 Å². The van der Waals surface area contributed by atoms with Crippen LogP contribution < -0.4 is 10.9 Å². The zero-order chi connectivity index (χ0) is 22.4. The van der Waals surface area contributed by atoms with Crippen LogP contribution in [0.1, 0.15) is 51.9 Å². The number of nitrogens with one attached hydrogen (secondary N) is 1. The fourth-order valence-corrected chi connectivity index (χ4v) is 3.83. The second-order valence-corrected chi connectivity index (χ2v) is 8.04. The van der Waals surface area contributed by atoms with E-state index in [1.807, 2.05) is 32.0 Å². The van der Waals surface area contributed by atoms with Gasteiger partial charge in [-0.15, -0.1) is 0 Å². The molecule has 1 heterocycles. The highest BCUT2D eigenvalue weighted by Crippen LogP contribution is 2.23. The zero-order valence-electron chi connectivity index (χ0n) is 18.3. The molecule has 1 N–H and O–H groups in total. The minimum Gasteiger partial charge on any atom is -0.315 e. The van der Waals surface area contributed by atoms with Crippen LogP contribution in [-0.2, 0) is 6.54 Å². The minimum atomic E-state index is -0.380. The van der Waals surface area contributed by atoms with Crippen molar-refractivity contribution >= 4 is 34.2 Å². The maximum atomic E-state index is 13.2. The number of rotatable bonds is 8. The van der Waals surface area contributed by atoms with Crippen molar-refractivity contribution in [2.24, 2.45) is 0 Å². The van der Waals surface area contributed by atoms with Crippen LogP contribution in [-0.4, -0.2) is 27.0 Å². The molecule has 0 saturated heterocycles. The van der Waals surface area contributed by atoms with Crippen molar-refractivity contribution in [3.8, 4) is 0 Å². The van der Waals surface area contributed by atoms with Crippen molar-refractivity contribution in [1.82, 2.24) is 14.5 Å². The quantitative estimate of drug-likeness (QED) is 0.477. The normalized spacial score (nSPS) is 12.0. The van der Waals surface area contributed by atoms with E-state index in [-0.39, 0.29) is 17.6 Å². The molecule has 164 valence electrons. The lowest BCUT2D eigenvalue weighted by molar-refractivity contribution is 0.187. The third-order valence-electron chi connectivity index (χ3n) is 5.27. The first-order valence-electron chi connectivity index (χ1n) is 10.8. The van der Waals surface area contributed by atoms with Gasteiger partial charge >= 0.3 is 6.03 Å². The first kappa shape index (κ1) is 22.8. The molecule has 31 heavy (non-hydrogen) atoms. The van der Waals surface area contributed by atoms with Crippen LogP contribution in [0, 0.1) is 0 Å². The molecule has 0 saturated carbocycles. The summed E-state index contributed by atoms with van der Waals surface area (Å²) in [5.74, 6) is 0.600. The molecule has 6 nitrogen and oxygen atoms in total. The lowest BCUT2D eigenvalue weighted by atomic mass is 10.2. The number of carbonyl (C=O) groups excluding carboxylic acids is 1. The van der Waals surface area contributed by atoms with Crippen molar-refractivity contribution < 1.29 is 4.79 Å². The van der Waals surface area contributed by atoms with Gasteiger partial charge in [-0.25, -0.2) is 9.78 Å². The summed E-state index contributed by atoms with van der Waals surface area (Å²) in [6, 6.07) is 13.8. The topological polar surface area (TPSA) is 67.2 Å². The molecule has 3 aromatic rings. The minimum absolute atomic E-state index is 0.0695. The van der Waals surface area contributed by atoms with E-state index in [0.717, 1.165) is 19.3 Å². The standard InChI is InChI=1S/C24H29ClN4O2/c1-4-6-15-28(24(31)26-19-11-9-10-18(25)16-19)17(3)22-27-21-13-8-7-12-20(21)23(30)29(22)14-5-2/h7-13,16-17H,4-6,14-15H2,1-3H3,(H,26,31). The highest BCUT2D eigenvalue weighted by Gasteiger charge is 2.26. The number of fused-ring (bicyclic) bond motifs is 1. The van der Waals surface area contributed by atoms with Gasteiger partial charge in [0, 0.05) is 23.8 Å². The van der Waals surface area contributed by atoms with Gasteiger partial charge < -0.3 is 10.2 Å². The van der Waals surface area contributed by atoms with Crippen molar-refractivity contribution in [2.75, 3.05) is 11.9 Å². The van der Waals surface area contributed by atoms with Crippen LogP contribution in [0.15, 0.2) is 53.3 Å². The van der Waals surface area contributed by atoms with Crippen LogP contribution in [0.3, 0.4) is 0 Å². The molecule has 2 aromatic carbocycles. The first-order chi connectivity index (χ1) is 15.0. The van der Waals surface area contributed by atoms with Crippen molar-refractivity contribution in [3.63, 3.8) is 0 Å². The molecule has 0 aliphatic carbocycles. The number of amides is 2. The summed E-state index contributed by atoms with van der Waals surface area (Å²) < 4.78 is 1.71. The Labute approximate surface area is 187 Å². The highest BCUT2D eigenvalue weighted by molar-refractivity contribution is 6.30. The number of para-hydroxylation sites is 1. The van der Waals surface area contributed by atoms with Crippen molar-refractivity contribution in [1.29, 1.82) is 0 Å². The SMILES string of the molecule is CCCCN(C(=O)Nc1cccc(Cl)c1)C(C)c1nc2ccccc2c(=O)n1CCC. The average molecular weight is 441 g/mol. The molecule has 0 fully saturated rings. The summed E-state index contributed by atoms with van der Waals surface area (Å²) in [7, 11) is 0. The van der Waals surface area contributed by atoms with E-state index in [9.17, 15) is 9.59 Å². The molecule has 0 spiro atoms. The van der Waals surface area contributed by atoms with Gasteiger partial charge in [-0.2, -0.15) is 0 Å². The molecule has 0 aliphatic heterocycles. The Morgan fingerprint density at radius 2 is 1.94 bits per heavy atom. The lowest BCUT2D eigenvalue weighted by Gasteiger charge is -2.30. The molecule has 0 aliphatic rings. The summed E-state index contributed by atoms with van der Waals surface area (Å²) >= 11 is 6.07. The predicted octanol–water partition coefficient (Wildman–Crippen LogP) is 5.86.